The van der Waals surface area contributed by atoms with Gasteiger partial charge in [0.1, 0.15) is 7.58 Å². The van der Waals surface area contributed by atoms with Crippen molar-refractivity contribution in [2.45, 2.75) is 92.4 Å². The summed E-state index contributed by atoms with van der Waals surface area (Å²) in [6, 6.07) is 2.03. The van der Waals surface area contributed by atoms with Crippen molar-refractivity contribution in [3.05, 3.63) is 0 Å². The molecular formula is C14H32ClN2P. The molecule has 18 heavy (non-hydrogen) atoms. The molecule has 0 saturated carbocycles. The fourth-order valence-electron chi connectivity index (χ4n) is 2.51. The van der Waals surface area contributed by atoms with Crippen LogP contribution in [0.2, 0.25) is 0 Å². The fourth-order valence-corrected chi connectivity index (χ4v) is 6.35. The van der Waals surface area contributed by atoms with Crippen molar-refractivity contribution in [1.29, 1.82) is 0 Å². The van der Waals surface area contributed by atoms with Crippen LogP contribution in [-0.2, 0) is 0 Å². The number of halogens is 1. The van der Waals surface area contributed by atoms with Gasteiger partial charge in [-0.3, -0.25) is 9.34 Å². The molecule has 2 atom stereocenters. The molecule has 0 aliphatic rings. The quantitative estimate of drug-likeness (QED) is 0.548. The first-order chi connectivity index (χ1) is 8.23. The van der Waals surface area contributed by atoms with Crippen LogP contribution in [0, 0.1) is 0 Å². The summed E-state index contributed by atoms with van der Waals surface area (Å²) in [6.45, 7) is 18.0. The third kappa shape index (κ3) is 5.33. The normalized spacial score (nSPS) is 16.3. The maximum atomic E-state index is 6.85. The first-order valence-corrected chi connectivity index (χ1v) is 9.41. The Balaban J connectivity index is 4.98. The second kappa shape index (κ2) is 8.74. The molecule has 0 fully saturated rings. The highest BCUT2D eigenvalue weighted by Gasteiger charge is 2.32. The van der Waals surface area contributed by atoms with E-state index in [1.807, 2.05) is 0 Å². The van der Waals surface area contributed by atoms with Gasteiger partial charge >= 0.3 is 0 Å². The van der Waals surface area contributed by atoms with Crippen molar-refractivity contribution in [3.63, 3.8) is 0 Å². The molecule has 0 aliphatic heterocycles. The summed E-state index contributed by atoms with van der Waals surface area (Å²) >= 11 is 6.85. The molecule has 0 amide bonds. The maximum absolute atomic E-state index is 6.85. The lowest BCUT2D eigenvalue weighted by Gasteiger charge is -2.44. The minimum Gasteiger partial charge on any atom is -0.252 e. The van der Waals surface area contributed by atoms with Crippen LogP contribution in [0.15, 0.2) is 0 Å². The average Bonchev–Trinajstić information content (AvgIpc) is 2.15. The van der Waals surface area contributed by atoms with Crippen molar-refractivity contribution in [1.82, 2.24) is 9.34 Å². The zero-order chi connectivity index (χ0) is 14.5. The van der Waals surface area contributed by atoms with Crippen molar-refractivity contribution in [3.8, 4) is 0 Å². The molecule has 0 bridgehead atoms. The summed E-state index contributed by atoms with van der Waals surface area (Å²) in [5.41, 5.74) is 0. The van der Waals surface area contributed by atoms with Gasteiger partial charge in [0.15, 0.2) is 0 Å². The molecule has 0 saturated heterocycles. The van der Waals surface area contributed by atoms with Crippen molar-refractivity contribution >= 4 is 18.8 Å². The Morgan fingerprint density at radius 2 is 1.22 bits per heavy atom. The van der Waals surface area contributed by atoms with Gasteiger partial charge < -0.3 is 0 Å². The standard InChI is InChI=1S/C14H32ClN2P/c1-9-10-14(8)17(13(6)7)18(15)16(11(2)3)12(4)5/h11-14H,9-10H2,1-8H3. The lowest BCUT2D eigenvalue weighted by molar-refractivity contribution is 0.248. The molecule has 0 radical (unpaired) electrons. The Bertz CT molecular complexity index is 214. The first kappa shape index (κ1) is 18.6. The largest absolute Gasteiger partial charge is 0.252 e. The van der Waals surface area contributed by atoms with Gasteiger partial charge in [0, 0.05) is 24.2 Å². The highest BCUT2D eigenvalue weighted by Crippen LogP contribution is 2.54. The van der Waals surface area contributed by atoms with E-state index in [-0.39, 0.29) is 0 Å². The van der Waals surface area contributed by atoms with Gasteiger partial charge in [-0.15, -0.1) is 0 Å². The molecule has 110 valence electrons. The third-order valence-corrected chi connectivity index (χ3v) is 6.72. The Hall–Kier alpha value is 0.640. The molecule has 0 aromatic rings. The maximum Gasteiger partial charge on any atom is 0.141 e. The van der Waals surface area contributed by atoms with Gasteiger partial charge in [0.2, 0.25) is 0 Å². The molecule has 0 aromatic carbocycles. The summed E-state index contributed by atoms with van der Waals surface area (Å²) in [6.07, 6.45) is 2.43. The highest BCUT2D eigenvalue weighted by atomic mass is 35.7. The fraction of sp³-hybridized carbons (Fsp3) is 1.00. The van der Waals surface area contributed by atoms with Crippen LogP contribution >= 0.6 is 18.8 Å². The van der Waals surface area contributed by atoms with E-state index in [9.17, 15) is 0 Å². The predicted octanol–water partition coefficient (Wildman–Crippen LogP) is 5.47. The van der Waals surface area contributed by atoms with Gasteiger partial charge in [0.05, 0.1) is 0 Å². The lowest BCUT2D eigenvalue weighted by atomic mass is 10.2. The van der Waals surface area contributed by atoms with Crippen molar-refractivity contribution < 1.29 is 0 Å². The van der Waals surface area contributed by atoms with E-state index in [2.05, 4.69) is 64.7 Å². The van der Waals surface area contributed by atoms with E-state index in [1.54, 1.807) is 0 Å². The van der Waals surface area contributed by atoms with Crippen LogP contribution in [0.25, 0.3) is 0 Å². The van der Waals surface area contributed by atoms with E-state index in [1.165, 1.54) is 12.8 Å². The second-order valence-corrected chi connectivity index (χ2v) is 8.23. The van der Waals surface area contributed by atoms with Crippen LogP contribution in [0.1, 0.15) is 68.2 Å². The van der Waals surface area contributed by atoms with Gasteiger partial charge in [-0.2, -0.15) is 0 Å². The van der Waals surface area contributed by atoms with E-state index in [0.29, 0.717) is 24.2 Å². The topological polar surface area (TPSA) is 6.48 Å². The van der Waals surface area contributed by atoms with Crippen molar-refractivity contribution in [2.24, 2.45) is 0 Å². The van der Waals surface area contributed by atoms with Crippen LogP contribution < -0.4 is 0 Å². The Morgan fingerprint density at radius 1 is 0.833 bits per heavy atom. The van der Waals surface area contributed by atoms with Crippen LogP contribution in [-0.4, -0.2) is 33.5 Å². The van der Waals surface area contributed by atoms with Gasteiger partial charge in [-0.25, -0.2) is 0 Å². The molecule has 2 unspecified atom stereocenters. The molecule has 0 rings (SSSR count). The summed E-state index contributed by atoms with van der Waals surface area (Å²) in [4.78, 5) is 0. The monoisotopic (exact) mass is 294 g/mol. The second-order valence-electron chi connectivity index (χ2n) is 5.92. The summed E-state index contributed by atoms with van der Waals surface area (Å²) < 4.78 is 4.95. The zero-order valence-corrected chi connectivity index (χ0v) is 15.1. The Labute approximate surface area is 121 Å². The Morgan fingerprint density at radius 3 is 1.50 bits per heavy atom. The third-order valence-electron chi connectivity index (χ3n) is 3.13. The van der Waals surface area contributed by atoms with Gasteiger partial charge in [-0.05, 0) is 54.9 Å². The highest BCUT2D eigenvalue weighted by molar-refractivity contribution is 7.80. The summed E-state index contributed by atoms with van der Waals surface area (Å²) in [5.74, 6) is 0. The molecule has 0 N–H and O–H groups in total. The van der Waals surface area contributed by atoms with Gasteiger partial charge in [0.25, 0.3) is 0 Å². The zero-order valence-electron chi connectivity index (χ0n) is 13.4. The molecular weight excluding hydrogens is 263 g/mol. The number of hydrogen-bond donors (Lipinski definition) is 0. The molecule has 0 aromatic heterocycles. The first-order valence-electron chi connectivity index (χ1n) is 7.26. The summed E-state index contributed by atoms with van der Waals surface area (Å²) in [5, 5.41) is 0. The molecule has 2 nitrogen and oxygen atoms in total. The van der Waals surface area contributed by atoms with Gasteiger partial charge in [-0.1, -0.05) is 24.6 Å². The van der Waals surface area contributed by atoms with E-state index < -0.39 is 7.58 Å². The molecule has 0 heterocycles. The predicted molar refractivity (Wildman–Crippen MR) is 86.2 cm³/mol. The SMILES string of the molecule is CCCC(C)N(C(C)C)P(Cl)N(C(C)C)C(C)C. The molecule has 4 heteroatoms. The van der Waals surface area contributed by atoms with E-state index in [0.717, 1.165) is 0 Å². The minimum atomic E-state index is -0.738. The molecule has 0 aliphatic carbocycles. The van der Waals surface area contributed by atoms with E-state index in [4.69, 9.17) is 11.2 Å². The summed E-state index contributed by atoms with van der Waals surface area (Å²) in [7, 11) is -0.738. The lowest BCUT2D eigenvalue weighted by Crippen LogP contribution is -2.42. The molecule has 0 spiro atoms. The van der Waals surface area contributed by atoms with E-state index >= 15 is 0 Å². The number of rotatable bonds is 8. The van der Waals surface area contributed by atoms with Crippen LogP contribution in [0.3, 0.4) is 0 Å². The minimum absolute atomic E-state index is 0.490. The number of nitrogens with zero attached hydrogens (tertiary/aromatic N) is 2. The smallest absolute Gasteiger partial charge is 0.141 e. The number of hydrogen-bond acceptors (Lipinski definition) is 2. The van der Waals surface area contributed by atoms with Crippen molar-refractivity contribution in [2.75, 3.05) is 0 Å². The van der Waals surface area contributed by atoms with Crippen LogP contribution in [0.5, 0.6) is 0 Å². The Kier molecular flexibility index (Phi) is 9.05. The average molecular weight is 295 g/mol. The van der Waals surface area contributed by atoms with Crippen LogP contribution in [0.4, 0.5) is 0 Å².